The number of nitrogens with one attached hydrogen (secondary N) is 2. The lowest BCUT2D eigenvalue weighted by Gasteiger charge is -2.36. The van der Waals surface area contributed by atoms with Crippen molar-refractivity contribution in [3.8, 4) is 0 Å². The summed E-state index contributed by atoms with van der Waals surface area (Å²) >= 11 is 3.60. The minimum Gasteiger partial charge on any atom is -0.379 e. The molecule has 1 fully saturated rings. The van der Waals surface area contributed by atoms with Gasteiger partial charge < -0.3 is 24.7 Å². The van der Waals surface area contributed by atoms with E-state index in [9.17, 15) is 4.79 Å². The van der Waals surface area contributed by atoms with Gasteiger partial charge >= 0.3 is 0 Å². The SMILES string of the molecule is CCOCC(Nc1ccc2c(c1)Sc1cccc(C3CN(c4cc[nH]c(=O)c4)CCO3)c1S2)c1ccc(C)cn1. The molecule has 0 saturated carbocycles. The van der Waals surface area contributed by atoms with Crippen LogP contribution in [0.15, 0.2) is 97.4 Å². The van der Waals surface area contributed by atoms with Crippen LogP contribution in [0.25, 0.3) is 0 Å². The lowest BCUT2D eigenvalue weighted by molar-refractivity contribution is 0.0379. The average molecular weight is 573 g/mol. The highest BCUT2D eigenvalue weighted by molar-refractivity contribution is 8.05. The van der Waals surface area contributed by atoms with Gasteiger partial charge in [0.15, 0.2) is 0 Å². The van der Waals surface area contributed by atoms with Gasteiger partial charge in [-0.05, 0) is 61.4 Å². The minimum atomic E-state index is -0.0885. The van der Waals surface area contributed by atoms with E-state index in [4.69, 9.17) is 9.47 Å². The minimum absolute atomic E-state index is 0.0367. The fourth-order valence-electron chi connectivity index (χ4n) is 4.99. The number of hydrogen-bond acceptors (Lipinski definition) is 8. The Hall–Kier alpha value is -3.24. The number of aromatic amines is 1. The zero-order chi connectivity index (χ0) is 27.5. The van der Waals surface area contributed by atoms with Crippen LogP contribution in [0.5, 0.6) is 0 Å². The van der Waals surface area contributed by atoms with Crippen molar-refractivity contribution in [1.82, 2.24) is 9.97 Å². The standard InChI is InChI=1S/C31H32N4O3S2/c1-3-37-19-25(24-9-7-20(2)17-33-24)34-21-8-10-27-29(15-21)39-28-6-4-5-23(31(28)40-27)26-18-35(13-14-38-26)22-11-12-32-30(36)16-22/h4-12,15-17,25-26,34H,3,13-14,18-19H2,1-2H3,(H,32,36). The fourth-order valence-corrected chi connectivity index (χ4v) is 7.44. The summed E-state index contributed by atoms with van der Waals surface area (Å²) in [5.74, 6) is 0. The van der Waals surface area contributed by atoms with Crippen molar-refractivity contribution in [2.45, 2.75) is 45.6 Å². The Kier molecular flexibility index (Phi) is 8.15. The van der Waals surface area contributed by atoms with Crippen molar-refractivity contribution in [3.05, 3.63) is 100 Å². The Balaban J connectivity index is 1.21. The predicted molar refractivity (Wildman–Crippen MR) is 161 cm³/mol. The quantitative estimate of drug-likeness (QED) is 0.219. The van der Waals surface area contributed by atoms with Crippen molar-refractivity contribution in [1.29, 1.82) is 0 Å². The van der Waals surface area contributed by atoms with Crippen LogP contribution in [0.2, 0.25) is 0 Å². The second-order valence-electron chi connectivity index (χ2n) is 9.87. The summed E-state index contributed by atoms with van der Waals surface area (Å²) in [6.45, 7) is 7.35. The van der Waals surface area contributed by atoms with E-state index >= 15 is 0 Å². The van der Waals surface area contributed by atoms with Gasteiger partial charge in [-0.2, -0.15) is 0 Å². The summed E-state index contributed by atoms with van der Waals surface area (Å²) in [4.78, 5) is 26.4. The van der Waals surface area contributed by atoms with E-state index in [1.54, 1.807) is 35.8 Å². The molecule has 4 aromatic rings. The Bertz CT molecular complexity index is 1540. The summed E-state index contributed by atoms with van der Waals surface area (Å²) in [5, 5.41) is 3.65. The molecule has 40 heavy (non-hydrogen) atoms. The van der Waals surface area contributed by atoms with Crippen molar-refractivity contribution in [3.63, 3.8) is 0 Å². The number of anilines is 2. The van der Waals surface area contributed by atoms with Gasteiger partial charge in [0, 0.05) is 69.1 Å². The van der Waals surface area contributed by atoms with Crippen LogP contribution < -0.4 is 15.8 Å². The number of benzene rings is 2. The van der Waals surface area contributed by atoms with Crippen LogP contribution in [0, 0.1) is 6.92 Å². The summed E-state index contributed by atoms with van der Waals surface area (Å²) in [5.41, 5.74) is 5.19. The first kappa shape index (κ1) is 27.0. The molecule has 2 unspecified atom stereocenters. The van der Waals surface area contributed by atoms with Gasteiger partial charge in [0.05, 0.1) is 24.9 Å². The third kappa shape index (κ3) is 5.93. The van der Waals surface area contributed by atoms with Crippen LogP contribution in [0.3, 0.4) is 0 Å². The zero-order valence-electron chi connectivity index (χ0n) is 22.6. The summed E-state index contributed by atoms with van der Waals surface area (Å²) in [6, 6.07) is 20.8. The first-order valence-corrected chi connectivity index (χ1v) is 15.2. The maximum Gasteiger partial charge on any atom is 0.249 e. The molecule has 0 aliphatic carbocycles. The molecule has 0 radical (unpaired) electrons. The highest BCUT2D eigenvalue weighted by Gasteiger charge is 2.28. The van der Waals surface area contributed by atoms with Gasteiger partial charge in [-0.3, -0.25) is 9.78 Å². The van der Waals surface area contributed by atoms with Crippen LogP contribution >= 0.6 is 23.5 Å². The molecule has 2 aliphatic rings. The smallest absolute Gasteiger partial charge is 0.249 e. The number of rotatable bonds is 8. The average Bonchev–Trinajstić information content (AvgIpc) is 2.98. The van der Waals surface area contributed by atoms with Gasteiger partial charge in [-0.1, -0.05) is 41.7 Å². The largest absolute Gasteiger partial charge is 0.379 e. The lowest BCUT2D eigenvalue weighted by Crippen LogP contribution is -2.39. The Morgan fingerprint density at radius 3 is 2.88 bits per heavy atom. The van der Waals surface area contributed by atoms with Crippen molar-refractivity contribution in [2.75, 3.05) is 43.1 Å². The molecule has 7 nitrogen and oxygen atoms in total. The van der Waals surface area contributed by atoms with Gasteiger partial charge in [-0.15, -0.1) is 0 Å². The van der Waals surface area contributed by atoms with Crippen molar-refractivity contribution in [2.24, 2.45) is 0 Å². The number of pyridine rings is 2. The fraction of sp³-hybridized carbons (Fsp3) is 0.290. The molecule has 1 saturated heterocycles. The third-order valence-electron chi connectivity index (χ3n) is 7.04. The maximum atomic E-state index is 11.9. The highest BCUT2D eigenvalue weighted by atomic mass is 32.2. The maximum absolute atomic E-state index is 11.9. The number of morpholine rings is 1. The van der Waals surface area contributed by atoms with Crippen molar-refractivity contribution >= 4 is 34.9 Å². The number of aryl methyl sites for hydroxylation is 1. The van der Waals surface area contributed by atoms with Crippen LogP contribution in [-0.4, -0.2) is 42.9 Å². The molecular formula is C31H32N4O3S2. The molecule has 0 spiro atoms. The molecular weight excluding hydrogens is 541 g/mol. The molecule has 9 heteroatoms. The third-order valence-corrected chi connectivity index (χ3v) is 9.65. The van der Waals surface area contributed by atoms with E-state index in [0.717, 1.165) is 29.2 Å². The second kappa shape index (κ2) is 12.1. The number of H-pyrrole nitrogens is 1. The predicted octanol–water partition coefficient (Wildman–Crippen LogP) is 6.46. The molecule has 0 bridgehead atoms. The molecule has 2 atom stereocenters. The van der Waals surface area contributed by atoms with Gasteiger partial charge in [0.2, 0.25) is 5.56 Å². The molecule has 2 aromatic heterocycles. The number of ether oxygens (including phenoxy) is 2. The highest BCUT2D eigenvalue weighted by Crippen LogP contribution is 2.52. The molecule has 206 valence electrons. The summed E-state index contributed by atoms with van der Waals surface area (Å²) in [6.07, 6.45) is 3.54. The van der Waals surface area contributed by atoms with E-state index in [1.807, 2.05) is 26.1 Å². The topological polar surface area (TPSA) is 79.5 Å². The molecule has 2 N–H and O–H groups in total. The number of fused-ring (bicyclic) bond motifs is 2. The van der Waals surface area contributed by atoms with Crippen LogP contribution in [0.4, 0.5) is 11.4 Å². The number of nitrogens with zero attached hydrogens (tertiary/aromatic N) is 2. The first-order chi connectivity index (χ1) is 19.6. The molecule has 2 aromatic carbocycles. The summed E-state index contributed by atoms with van der Waals surface area (Å²) in [7, 11) is 0. The molecule has 0 amide bonds. The Morgan fingerprint density at radius 2 is 2.05 bits per heavy atom. The van der Waals surface area contributed by atoms with Gasteiger partial charge in [-0.25, -0.2) is 0 Å². The monoisotopic (exact) mass is 572 g/mol. The van der Waals surface area contributed by atoms with E-state index < -0.39 is 0 Å². The van der Waals surface area contributed by atoms with E-state index in [1.165, 1.54) is 25.1 Å². The van der Waals surface area contributed by atoms with E-state index in [0.29, 0.717) is 26.4 Å². The van der Waals surface area contributed by atoms with Crippen LogP contribution in [-0.2, 0) is 9.47 Å². The van der Waals surface area contributed by atoms with Gasteiger partial charge in [0.25, 0.3) is 0 Å². The lowest BCUT2D eigenvalue weighted by atomic mass is 10.1. The van der Waals surface area contributed by atoms with E-state index in [-0.39, 0.29) is 17.7 Å². The summed E-state index contributed by atoms with van der Waals surface area (Å²) < 4.78 is 12.0. The molecule has 4 heterocycles. The van der Waals surface area contributed by atoms with Crippen molar-refractivity contribution < 1.29 is 9.47 Å². The van der Waals surface area contributed by atoms with Gasteiger partial charge in [0.1, 0.15) is 6.10 Å². The normalized spacial score (nSPS) is 17.1. The number of hydrogen-bond donors (Lipinski definition) is 2. The molecule has 2 aliphatic heterocycles. The van der Waals surface area contributed by atoms with E-state index in [2.05, 4.69) is 68.7 Å². The molecule has 6 rings (SSSR count). The second-order valence-corrected chi connectivity index (χ2v) is 12.0. The Morgan fingerprint density at radius 1 is 1.12 bits per heavy atom. The first-order valence-electron chi connectivity index (χ1n) is 13.5. The van der Waals surface area contributed by atoms with Crippen LogP contribution in [0.1, 0.15) is 35.9 Å². The number of aromatic nitrogens is 2. The Labute approximate surface area is 242 Å². The zero-order valence-corrected chi connectivity index (χ0v) is 24.2.